The summed E-state index contributed by atoms with van der Waals surface area (Å²) < 4.78 is 54.7. The molecule has 1 aromatic heterocycles. The molecule has 142 valence electrons. The molecule has 0 aliphatic carbocycles. The molecule has 9 heteroatoms. The number of aromatic nitrogens is 1. The van der Waals surface area contributed by atoms with Crippen molar-refractivity contribution in [1.82, 2.24) is 9.88 Å². The normalized spacial score (nSPS) is 19.4. The standard InChI is InChI=1S/C18H15F3N2O4/c19-18(20,21)15-6-3-7-16(22-15)26-11-8-23(9-11)17(24)14-10-25-12-4-1-2-5-13(12)27-14/h1-7,11,14H,8-10H2. The second-order valence-corrected chi connectivity index (χ2v) is 6.21. The lowest BCUT2D eigenvalue weighted by molar-refractivity contribution is -0.150. The topological polar surface area (TPSA) is 60.9 Å². The van der Waals surface area contributed by atoms with Crippen molar-refractivity contribution in [2.24, 2.45) is 0 Å². The molecule has 0 bridgehead atoms. The predicted molar refractivity (Wildman–Crippen MR) is 86.6 cm³/mol. The lowest BCUT2D eigenvalue weighted by Crippen LogP contribution is -2.60. The molecule has 27 heavy (non-hydrogen) atoms. The molecule has 1 aromatic carbocycles. The van der Waals surface area contributed by atoms with Gasteiger partial charge in [-0.1, -0.05) is 18.2 Å². The van der Waals surface area contributed by atoms with E-state index < -0.39 is 24.1 Å². The maximum absolute atomic E-state index is 12.7. The SMILES string of the molecule is O=C(C1COc2ccccc2O1)N1CC(Oc2cccc(C(F)(F)F)n2)C1. The molecular weight excluding hydrogens is 365 g/mol. The van der Waals surface area contributed by atoms with Crippen LogP contribution in [0.15, 0.2) is 42.5 Å². The van der Waals surface area contributed by atoms with Gasteiger partial charge in [0.2, 0.25) is 12.0 Å². The van der Waals surface area contributed by atoms with E-state index in [-0.39, 0.29) is 31.5 Å². The zero-order valence-electron chi connectivity index (χ0n) is 14.0. The molecule has 0 saturated carbocycles. The van der Waals surface area contributed by atoms with Crippen LogP contribution in [0.5, 0.6) is 17.4 Å². The number of benzene rings is 1. The number of amides is 1. The van der Waals surface area contributed by atoms with Crippen molar-refractivity contribution < 1.29 is 32.2 Å². The van der Waals surface area contributed by atoms with Gasteiger partial charge in [0, 0.05) is 6.07 Å². The van der Waals surface area contributed by atoms with Gasteiger partial charge in [-0.3, -0.25) is 4.79 Å². The molecule has 2 aliphatic rings. The summed E-state index contributed by atoms with van der Waals surface area (Å²) in [6, 6.07) is 10.5. The first kappa shape index (κ1) is 17.4. The summed E-state index contributed by atoms with van der Waals surface area (Å²) in [4.78, 5) is 17.4. The third-order valence-corrected chi connectivity index (χ3v) is 4.25. The largest absolute Gasteiger partial charge is 0.485 e. The lowest BCUT2D eigenvalue weighted by atomic mass is 10.1. The van der Waals surface area contributed by atoms with Gasteiger partial charge in [-0.25, -0.2) is 4.98 Å². The summed E-state index contributed by atoms with van der Waals surface area (Å²) in [7, 11) is 0. The summed E-state index contributed by atoms with van der Waals surface area (Å²) in [5, 5.41) is 0. The van der Waals surface area contributed by atoms with Crippen LogP contribution < -0.4 is 14.2 Å². The van der Waals surface area contributed by atoms with Crippen LogP contribution in [-0.4, -0.2) is 47.7 Å². The molecular formula is C18H15F3N2O4. The van der Waals surface area contributed by atoms with Crippen LogP contribution in [0.2, 0.25) is 0 Å². The Hall–Kier alpha value is -2.97. The Morgan fingerprint density at radius 3 is 2.59 bits per heavy atom. The summed E-state index contributed by atoms with van der Waals surface area (Å²) in [6.07, 6.45) is -5.70. The minimum Gasteiger partial charge on any atom is -0.485 e. The van der Waals surface area contributed by atoms with Crippen molar-refractivity contribution in [1.29, 1.82) is 0 Å². The second kappa shape index (κ2) is 6.64. The number of hydrogen-bond donors (Lipinski definition) is 0. The van der Waals surface area contributed by atoms with Crippen LogP contribution in [0.25, 0.3) is 0 Å². The van der Waals surface area contributed by atoms with Crippen molar-refractivity contribution in [3.63, 3.8) is 0 Å². The molecule has 6 nitrogen and oxygen atoms in total. The number of ether oxygens (including phenoxy) is 3. The molecule has 0 spiro atoms. The van der Waals surface area contributed by atoms with Crippen LogP contribution >= 0.6 is 0 Å². The van der Waals surface area contributed by atoms with Crippen LogP contribution in [0.1, 0.15) is 5.69 Å². The van der Waals surface area contributed by atoms with E-state index in [9.17, 15) is 18.0 Å². The molecule has 1 fully saturated rings. The molecule has 1 atom stereocenters. The number of halogens is 3. The van der Waals surface area contributed by atoms with Crippen molar-refractivity contribution in [2.45, 2.75) is 18.4 Å². The number of carbonyl (C=O) groups excluding carboxylic acids is 1. The smallest absolute Gasteiger partial charge is 0.433 e. The molecule has 3 heterocycles. The van der Waals surface area contributed by atoms with Crippen LogP contribution in [-0.2, 0) is 11.0 Å². The highest BCUT2D eigenvalue weighted by Gasteiger charge is 2.39. The Morgan fingerprint density at radius 1 is 1.11 bits per heavy atom. The van der Waals surface area contributed by atoms with E-state index in [1.165, 1.54) is 17.0 Å². The van der Waals surface area contributed by atoms with Gasteiger partial charge in [0.1, 0.15) is 18.4 Å². The summed E-state index contributed by atoms with van der Waals surface area (Å²) in [5.74, 6) is 0.722. The molecule has 2 aromatic rings. The molecule has 0 radical (unpaired) electrons. The fourth-order valence-corrected chi connectivity index (χ4v) is 2.85. The van der Waals surface area contributed by atoms with Crippen molar-refractivity contribution in [3.05, 3.63) is 48.2 Å². The number of likely N-dealkylation sites (tertiary alicyclic amines) is 1. The first-order valence-corrected chi connectivity index (χ1v) is 8.28. The zero-order valence-corrected chi connectivity index (χ0v) is 14.0. The molecule has 4 rings (SSSR count). The van der Waals surface area contributed by atoms with Crippen molar-refractivity contribution in [3.8, 4) is 17.4 Å². The Balaban J connectivity index is 1.32. The first-order chi connectivity index (χ1) is 12.9. The van der Waals surface area contributed by atoms with Gasteiger partial charge in [-0.05, 0) is 18.2 Å². The monoisotopic (exact) mass is 380 g/mol. The van der Waals surface area contributed by atoms with E-state index in [4.69, 9.17) is 14.2 Å². The van der Waals surface area contributed by atoms with Crippen molar-refractivity contribution in [2.75, 3.05) is 19.7 Å². The molecule has 1 amide bonds. The van der Waals surface area contributed by atoms with E-state index in [1.54, 1.807) is 18.2 Å². The second-order valence-electron chi connectivity index (χ2n) is 6.21. The quantitative estimate of drug-likeness (QED) is 0.819. The highest BCUT2D eigenvalue weighted by molar-refractivity contribution is 5.82. The molecule has 0 N–H and O–H groups in total. The maximum atomic E-state index is 12.7. The number of alkyl halides is 3. The maximum Gasteiger partial charge on any atom is 0.433 e. The zero-order chi connectivity index (χ0) is 19.0. The van der Waals surface area contributed by atoms with Gasteiger partial charge < -0.3 is 19.1 Å². The van der Waals surface area contributed by atoms with Crippen LogP contribution in [0.3, 0.4) is 0 Å². The lowest BCUT2D eigenvalue weighted by Gasteiger charge is -2.40. The minimum atomic E-state index is -4.53. The van der Waals surface area contributed by atoms with Gasteiger partial charge in [-0.15, -0.1) is 0 Å². The fraction of sp³-hybridized carbons (Fsp3) is 0.333. The number of fused-ring (bicyclic) bond motifs is 1. The average Bonchev–Trinajstić information content (AvgIpc) is 2.63. The summed E-state index contributed by atoms with van der Waals surface area (Å²) in [5.41, 5.74) is -1.02. The van der Waals surface area contributed by atoms with Gasteiger partial charge in [0.25, 0.3) is 5.91 Å². The Morgan fingerprint density at radius 2 is 1.85 bits per heavy atom. The summed E-state index contributed by atoms with van der Waals surface area (Å²) in [6.45, 7) is 0.601. The fourth-order valence-electron chi connectivity index (χ4n) is 2.85. The third kappa shape index (κ3) is 3.62. The first-order valence-electron chi connectivity index (χ1n) is 8.28. The van der Waals surface area contributed by atoms with Crippen molar-refractivity contribution >= 4 is 5.91 Å². The summed E-state index contributed by atoms with van der Waals surface area (Å²) >= 11 is 0. The van der Waals surface area contributed by atoms with E-state index in [0.29, 0.717) is 11.5 Å². The third-order valence-electron chi connectivity index (χ3n) is 4.25. The van der Waals surface area contributed by atoms with Gasteiger partial charge in [0.05, 0.1) is 13.1 Å². The van der Waals surface area contributed by atoms with Gasteiger partial charge in [-0.2, -0.15) is 13.2 Å². The Kier molecular flexibility index (Phi) is 4.29. The van der Waals surface area contributed by atoms with E-state index >= 15 is 0 Å². The molecule has 1 unspecified atom stereocenters. The van der Waals surface area contributed by atoms with E-state index in [1.807, 2.05) is 6.07 Å². The number of para-hydroxylation sites is 2. The predicted octanol–water partition coefficient (Wildman–Crippen LogP) is 2.53. The minimum absolute atomic E-state index is 0.104. The average molecular weight is 380 g/mol. The van der Waals surface area contributed by atoms with Gasteiger partial charge in [0.15, 0.2) is 11.5 Å². The number of hydrogen-bond acceptors (Lipinski definition) is 5. The van der Waals surface area contributed by atoms with Crippen LogP contribution in [0, 0.1) is 0 Å². The molecule has 1 saturated heterocycles. The van der Waals surface area contributed by atoms with E-state index in [0.717, 1.165) is 6.07 Å². The number of nitrogens with zero attached hydrogens (tertiary/aromatic N) is 2. The number of rotatable bonds is 3. The highest BCUT2D eigenvalue weighted by Crippen LogP contribution is 2.32. The number of pyridine rings is 1. The van der Waals surface area contributed by atoms with Crippen LogP contribution in [0.4, 0.5) is 13.2 Å². The van der Waals surface area contributed by atoms with Gasteiger partial charge >= 0.3 is 6.18 Å². The number of carbonyl (C=O) groups is 1. The molecule has 2 aliphatic heterocycles. The highest BCUT2D eigenvalue weighted by atomic mass is 19.4. The Bertz CT molecular complexity index is 852. The Labute approximate surface area is 152 Å². The van der Waals surface area contributed by atoms with E-state index in [2.05, 4.69) is 4.98 Å².